The Morgan fingerprint density at radius 3 is 2.88 bits per heavy atom. The van der Waals surface area contributed by atoms with Gasteiger partial charge in [0.05, 0.1) is 6.61 Å². The summed E-state index contributed by atoms with van der Waals surface area (Å²) in [5, 5.41) is 11.1. The molecule has 0 aromatic rings. The van der Waals surface area contributed by atoms with Gasteiger partial charge >= 0.3 is 0 Å². The molecule has 0 aromatic carbocycles. The van der Waals surface area contributed by atoms with E-state index in [2.05, 4.69) is 5.32 Å². The van der Waals surface area contributed by atoms with Gasteiger partial charge in [0.15, 0.2) is 0 Å². The largest absolute Gasteiger partial charge is 0.394 e. The predicted octanol–water partition coefficient (Wildman–Crippen LogP) is -0.961. The molecular weight excluding hydrogens is 104 g/mol. The van der Waals surface area contributed by atoms with Crippen LogP contribution in [0.1, 0.15) is 0 Å². The van der Waals surface area contributed by atoms with Crippen molar-refractivity contribution in [3.8, 4) is 0 Å². The Kier molecular flexibility index (Phi) is 4.30. The molecule has 0 amide bonds. The van der Waals surface area contributed by atoms with Crippen LogP contribution in [0.3, 0.4) is 0 Å². The maximum Gasteiger partial charge on any atom is 0.0619 e. The first-order valence-electron chi connectivity index (χ1n) is 2.51. The molecule has 0 spiro atoms. The van der Waals surface area contributed by atoms with E-state index >= 15 is 0 Å². The lowest BCUT2D eigenvalue weighted by Crippen LogP contribution is -2.21. The van der Waals surface area contributed by atoms with Gasteiger partial charge in [-0.2, -0.15) is 0 Å². The molecule has 8 heavy (non-hydrogen) atoms. The van der Waals surface area contributed by atoms with Crippen molar-refractivity contribution in [1.82, 2.24) is 5.32 Å². The topological polar surface area (TPSA) is 58.3 Å². The van der Waals surface area contributed by atoms with E-state index in [1.807, 2.05) is 0 Å². The fourth-order valence-corrected chi connectivity index (χ4v) is 0.281. The maximum atomic E-state index is 8.36. The van der Waals surface area contributed by atoms with Gasteiger partial charge in [-0.1, -0.05) is 0 Å². The van der Waals surface area contributed by atoms with Crippen molar-refractivity contribution in [2.75, 3.05) is 13.7 Å². The molecule has 0 aliphatic rings. The molecule has 1 unspecified atom stereocenters. The average Bonchev–Trinajstić information content (AvgIpc) is 1.83. The van der Waals surface area contributed by atoms with Crippen molar-refractivity contribution in [3.05, 3.63) is 12.3 Å². The first-order valence-corrected chi connectivity index (χ1v) is 2.51. The number of aliphatic hydroxyl groups is 1. The van der Waals surface area contributed by atoms with Gasteiger partial charge < -0.3 is 16.2 Å². The van der Waals surface area contributed by atoms with Gasteiger partial charge in [-0.25, -0.2) is 0 Å². The van der Waals surface area contributed by atoms with E-state index in [9.17, 15) is 0 Å². The molecule has 0 bridgehead atoms. The van der Waals surface area contributed by atoms with E-state index in [0.717, 1.165) is 0 Å². The standard InChI is InChI=1S/C5H12N2O/c1-7-3-2-5(6)4-8/h2-3,5,7-8H,4,6H2,1H3/b3-2-. The minimum atomic E-state index is -0.234. The lowest BCUT2D eigenvalue weighted by Gasteiger charge is -1.97. The minimum absolute atomic E-state index is 0.00181. The Morgan fingerprint density at radius 1 is 1.88 bits per heavy atom. The Hall–Kier alpha value is -0.540. The van der Waals surface area contributed by atoms with Gasteiger partial charge in [-0.15, -0.1) is 0 Å². The maximum absolute atomic E-state index is 8.36. The monoisotopic (exact) mass is 116 g/mol. The van der Waals surface area contributed by atoms with Crippen molar-refractivity contribution in [2.24, 2.45) is 5.73 Å². The molecular formula is C5H12N2O. The van der Waals surface area contributed by atoms with Crippen LogP contribution < -0.4 is 11.1 Å². The van der Waals surface area contributed by atoms with Gasteiger partial charge in [0.2, 0.25) is 0 Å². The van der Waals surface area contributed by atoms with Gasteiger partial charge in [0.1, 0.15) is 0 Å². The number of hydrogen-bond donors (Lipinski definition) is 3. The second-order valence-corrected chi connectivity index (χ2v) is 1.49. The lowest BCUT2D eigenvalue weighted by atomic mass is 10.3. The minimum Gasteiger partial charge on any atom is -0.394 e. The fourth-order valence-electron chi connectivity index (χ4n) is 0.281. The van der Waals surface area contributed by atoms with E-state index in [1.54, 1.807) is 19.3 Å². The SMILES string of the molecule is CN/C=C\C(N)CO. The summed E-state index contributed by atoms with van der Waals surface area (Å²) < 4.78 is 0. The molecule has 4 N–H and O–H groups in total. The molecule has 0 rings (SSSR count). The van der Waals surface area contributed by atoms with E-state index in [0.29, 0.717) is 0 Å². The molecule has 1 atom stereocenters. The highest BCUT2D eigenvalue weighted by atomic mass is 16.3. The third-order valence-electron chi connectivity index (χ3n) is 0.721. The number of nitrogens with one attached hydrogen (secondary N) is 1. The van der Waals surface area contributed by atoms with E-state index in [4.69, 9.17) is 10.8 Å². The Morgan fingerprint density at radius 2 is 2.50 bits per heavy atom. The third kappa shape index (κ3) is 3.64. The average molecular weight is 116 g/mol. The molecule has 0 saturated carbocycles. The smallest absolute Gasteiger partial charge is 0.0619 e. The summed E-state index contributed by atoms with van der Waals surface area (Å²) in [7, 11) is 1.78. The number of rotatable bonds is 3. The second kappa shape index (κ2) is 4.61. The number of aliphatic hydroxyl groups excluding tert-OH is 1. The zero-order valence-corrected chi connectivity index (χ0v) is 4.96. The van der Waals surface area contributed by atoms with Crippen molar-refractivity contribution < 1.29 is 5.11 Å². The van der Waals surface area contributed by atoms with Gasteiger partial charge in [-0.3, -0.25) is 0 Å². The van der Waals surface area contributed by atoms with Crippen LogP contribution in [0, 0.1) is 0 Å². The van der Waals surface area contributed by atoms with Gasteiger partial charge in [0.25, 0.3) is 0 Å². The van der Waals surface area contributed by atoms with Crippen LogP contribution in [0.25, 0.3) is 0 Å². The molecule has 0 saturated heterocycles. The van der Waals surface area contributed by atoms with Crippen LogP contribution in [0.4, 0.5) is 0 Å². The number of nitrogens with two attached hydrogens (primary N) is 1. The third-order valence-corrected chi connectivity index (χ3v) is 0.721. The molecule has 0 aliphatic heterocycles. The van der Waals surface area contributed by atoms with Crippen LogP contribution in [-0.2, 0) is 0 Å². The quantitative estimate of drug-likeness (QED) is 0.445. The molecule has 3 nitrogen and oxygen atoms in total. The van der Waals surface area contributed by atoms with Gasteiger partial charge in [-0.05, 0) is 12.3 Å². The summed E-state index contributed by atoms with van der Waals surface area (Å²) in [6.07, 6.45) is 3.39. The van der Waals surface area contributed by atoms with Crippen molar-refractivity contribution in [3.63, 3.8) is 0 Å². The van der Waals surface area contributed by atoms with E-state index in [1.165, 1.54) is 0 Å². The van der Waals surface area contributed by atoms with E-state index in [-0.39, 0.29) is 12.6 Å². The zero-order chi connectivity index (χ0) is 6.41. The van der Waals surface area contributed by atoms with Crippen LogP contribution in [0.5, 0.6) is 0 Å². The normalized spacial score (nSPS) is 14.4. The first-order chi connectivity index (χ1) is 3.81. The summed E-state index contributed by atoms with van der Waals surface area (Å²) in [6, 6.07) is -0.234. The zero-order valence-electron chi connectivity index (χ0n) is 4.96. The summed E-state index contributed by atoms with van der Waals surface area (Å²) in [6.45, 7) is -0.00181. The van der Waals surface area contributed by atoms with Crippen molar-refractivity contribution >= 4 is 0 Å². The Labute approximate surface area is 49.2 Å². The summed E-state index contributed by atoms with van der Waals surface area (Å²) >= 11 is 0. The Bertz CT molecular complexity index is 72.8. The van der Waals surface area contributed by atoms with Crippen molar-refractivity contribution in [1.29, 1.82) is 0 Å². The number of hydrogen-bond acceptors (Lipinski definition) is 3. The fraction of sp³-hybridized carbons (Fsp3) is 0.600. The van der Waals surface area contributed by atoms with Gasteiger partial charge in [0, 0.05) is 13.1 Å². The summed E-state index contributed by atoms with van der Waals surface area (Å²) in [5.41, 5.74) is 5.28. The second-order valence-electron chi connectivity index (χ2n) is 1.49. The molecule has 0 radical (unpaired) electrons. The molecule has 0 heterocycles. The van der Waals surface area contributed by atoms with Crippen LogP contribution >= 0.6 is 0 Å². The first kappa shape index (κ1) is 7.46. The highest BCUT2D eigenvalue weighted by molar-refractivity contribution is 4.88. The van der Waals surface area contributed by atoms with Crippen LogP contribution in [0.2, 0.25) is 0 Å². The van der Waals surface area contributed by atoms with Crippen molar-refractivity contribution in [2.45, 2.75) is 6.04 Å². The molecule has 0 fully saturated rings. The van der Waals surface area contributed by atoms with Crippen LogP contribution in [-0.4, -0.2) is 24.8 Å². The molecule has 0 aromatic heterocycles. The van der Waals surface area contributed by atoms with E-state index < -0.39 is 0 Å². The Balaban J connectivity index is 3.21. The molecule has 0 aliphatic carbocycles. The summed E-state index contributed by atoms with van der Waals surface area (Å²) in [5.74, 6) is 0. The molecule has 48 valence electrons. The highest BCUT2D eigenvalue weighted by Crippen LogP contribution is 1.74. The molecule has 3 heteroatoms. The lowest BCUT2D eigenvalue weighted by molar-refractivity contribution is 0.284. The van der Waals surface area contributed by atoms with Crippen LogP contribution in [0.15, 0.2) is 12.3 Å². The summed E-state index contributed by atoms with van der Waals surface area (Å²) in [4.78, 5) is 0. The highest BCUT2D eigenvalue weighted by Gasteiger charge is 1.88. The predicted molar refractivity (Wildman–Crippen MR) is 33.3 cm³/mol.